The molecule has 4 aromatic rings. The van der Waals surface area contributed by atoms with Crippen LogP contribution in [0.2, 0.25) is 0 Å². The first kappa shape index (κ1) is 23.4. The van der Waals surface area contributed by atoms with Crippen LogP contribution >= 0.6 is 0 Å². The first-order chi connectivity index (χ1) is 17.8. The standard InChI is InChI=1S/C29H37N7/c1-2-8-25(9-3-1)29(21-34-15-4-5-16-34,36-17-13-30-14-18-36)12-6-7-24-20-31-28-11-10-26(19-27(24)28)35-22-32-33-23-35/h1-3,8-11,19-20,22-23,30-31H,4-7,12-18,21H2. The van der Waals surface area contributed by atoms with Crippen LogP contribution in [0.5, 0.6) is 0 Å². The lowest BCUT2D eigenvalue weighted by molar-refractivity contribution is 0.0306. The van der Waals surface area contributed by atoms with Crippen molar-refractivity contribution >= 4 is 10.9 Å². The minimum atomic E-state index is 0.0491. The van der Waals surface area contributed by atoms with Crippen molar-refractivity contribution < 1.29 is 0 Å². The number of likely N-dealkylation sites (tertiary alicyclic amines) is 1. The number of aromatic nitrogens is 4. The molecule has 7 heteroatoms. The number of piperazine rings is 1. The summed E-state index contributed by atoms with van der Waals surface area (Å²) >= 11 is 0. The summed E-state index contributed by atoms with van der Waals surface area (Å²) in [6.07, 6.45) is 11.7. The van der Waals surface area contributed by atoms with E-state index in [4.69, 9.17) is 0 Å². The van der Waals surface area contributed by atoms with Crippen LogP contribution in [0.15, 0.2) is 67.4 Å². The fourth-order valence-electron chi connectivity index (χ4n) is 6.35. The number of aryl methyl sites for hydroxylation is 1. The van der Waals surface area contributed by atoms with Crippen molar-refractivity contribution in [2.24, 2.45) is 0 Å². The Morgan fingerprint density at radius 2 is 1.67 bits per heavy atom. The van der Waals surface area contributed by atoms with Crippen LogP contribution in [0.3, 0.4) is 0 Å². The van der Waals surface area contributed by atoms with Gasteiger partial charge >= 0.3 is 0 Å². The van der Waals surface area contributed by atoms with Crippen LogP contribution in [0, 0.1) is 0 Å². The van der Waals surface area contributed by atoms with Crippen LogP contribution < -0.4 is 5.32 Å². The van der Waals surface area contributed by atoms with E-state index in [1.54, 1.807) is 12.7 Å². The average molecular weight is 484 g/mol. The molecule has 2 aliphatic rings. The number of nitrogens with one attached hydrogen (secondary N) is 2. The van der Waals surface area contributed by atoms with Gasteiger partial charge in [-0.3, -0.25) is 9.47 Å². The lowest BCUT2D eigenvalue weighted by Crippen LogP contribution is -2.58. The lowest BCUT2D eigenvalue weighted by Gasteiger charge is -2.48. The smallest absolute Gasteiger partial charge is 0.123 e. The van der Waals surface area contributed by atoms with Gasteiger partial charge in [-0.05, 0) is 74.5 Å². The molecule has 2 aromatic carbocycles. The number of hydrogen-bond donors (Lipinski definition) is 2. The summed E-state index contributed by atoms with van der Waals surface area (Å²) in [6.45, 7) is 7.95. The normalized spacial score (nSPS) is 19.1. The zero-order chi connectivity index (χ0) is 24.2. The number of benzene rings is 2. The molecule has 2 aliphatic heterocycles. The van der Waals surface area contributed by atoms with E-state index in [1.807, 2.05) is 4.57 Å². The van der Waals surface area contributed by atoms with Gasteiger partial charge in [-0.2, -0.15) is 0 Å². The van der Waals surface area contributed by atoms with E-state index in [9.17, 15) is 0 Å². The first-order valence-corrected chi connectivity index (χ1v) is 13.5. The van der Waals surface area contributed by atoms with E-state index in [2.05, 4.69) is 85.0 Å². The quantitative estimate of drug-likeness (QED) is 0.377. The molecule has 4 heterocycles. The van der Waals surface area contributed by atoms with Gasteiger partial charge in [-0.1, -0.05) is 30.3 Å². The van der Waals surface area contributed by atoms with E-state index in [0.717, 1.165) is 57.7 Å². The van der Waals surface area contributed by atoms with Crippen LogP contribution in [0.25, 0.3) is 16.6 Å². The molecule has 0 bridgehead atoms. The van der Waals surface area contributed by atoms with Gasteiger partial charge in [0.15, 0.2) is 0 Å². The summed E-state index contributed by atoms with van der Waals surface area (Å²) < 4.78 is 1.97. The van der Waals surface area contributed by atoms with E-state index >= 15 is 0 Å². The molecule has 0 saturated carbocycles. The molecule has 2 saturated heterocycles. The minimum absolute atomic E-state index is 0.0491. The molecule has 1 unspecified atom stereocenters. The zero-order valence-electron chi connectivity index (χ0n) is 21.1. The highest BCUT2D eigenvalue weighted by Crippen LogP contribution is 2.37. The minimum Gasteiger partial charge on any atom is -0.361 e. The van der Waals surface area contributed by atoms with Gasteiger partial charge in [-0.25, -0.2) is 0 Å². The Bertz CT molecular complexity index is 1240. The highest BCUT2D eigenvalue weighted by atomic mass is 15.3. The second kappa shape index (κ2) is 10.5. The summed E-state index contributed by atoms with van der Waals surface area (Å²) in [6, 6.07) is 17.9. The predicted molar refractivity (Wildman–Crippen MR) is 144 cm³/mol. The Kier molecular flexibility index (Phi) is 6.86. The highest BCUT2D eigenvalue weighted by molar-refractivity contribution is 5.85. The molecular weight excluding hydrogens is 446 g/mol. The van der Waals surface area contributed by atoms with Crippen molar-refractivity contribution in [2.75, 3.05) is 45.8 Å². The fraction of sp³-hybridized carbons (Fsp3) is 0.448. The molecule has 6 rings (SSSR count). The largest absolute Gasteiger partial charge is 0.361 e. The highest BCUT2D eigenvalue weighted by Gasteiger charge is 2.40. The topological polar surface area (TPSA) is 65.0 Å². The van der Waals surface area contributed by atoms with Gasteiger partial charge in [0.1, 0.15) is 12.7 Å². The molecule has 7 nitrogen and oxygen atoms in total. The number of fused-ring (bicyclic) bond motifs is 1. The van der Waals surface area contributed by atoms with Gasteiger partial charge in [0.2, 0.25) is 0 Å². The van der Waals surface area contributed by atoms with Crippen LogP contribution in [0.1, 0.15) is 36.8 Å². The number of hydrogen-bond acceptors (Lipinski definition) is 5. The molecule has 0 aliphatic carbocycles. The maximum absolute atomic E-state index is 3.97. The van der Waals surface area contributed by atoms with E-state index in [-0.39, 0.29) is 5.54 Å². The molecular formula is C29H37N7. The maximum Gasteiger partial charge on any atom is 0.123 e. The van der Waals surface area contributed by atoms with Crippen LogP contribution in [-0.2, 0) is 12.0 Å². The van der Waals surface area contributed by atoms with Crippen molar-refractivity contribution in [3.05, 3.63) is 78.5 Å². The van der Waals surface area contributed by atoms with Crippen molar-refractivity contribution in [2.45, 2.75) is 37.6 Å². The number of rotatable bonds is 9. The molecule has 2 N–H and O–H groups in total. The Labute approximate surface area is 213 Å². The van der Waals surface area contributed by atoms with Crippen molar-refractivity contribution in [1.29, 1.82) is 0 Å². The number of aromatic amines is 1. The van der Waals surface area contributed by atoms with Crippen LogP contribution in [0.4, 0.5) is 0 Å². The van der Waals surface area contributed by atoms with Crippen molar-refractivity contribution in [3.63, 3.8) is 0 Å². The van der Waals surface area contributed by atoms with E-state index in [1.165, 1.54) is 48.0 Å². The van der Waals surface area contributed by atoms with Gasteiger partial charge in [-0.15, -0.1) is 10.2 Å². The van der Waals surface area contributed by atoms with Crippen molar-refractivity contribution in [3.8, 4) is 5.69 Å². The Morgan fingerprint density at radius 3 is 2.44 bits per heavy atom. The summed E-state index contributed by atoms with van der Waals surface area (Å²) in [4.78, 5) is 9.00. The molecule has 0 spiro atoms. The Balaban J connectivity index is 1.28. The number of nitrogens with zero attached hydrogens (tertiary/aromatic N) is 5. The molecule has 1 atom stereocenters. The summed E-state index contributed by atoms with van der Waals surface area (Å²) in [5.41, 5.74) is 5.21. The zero-order valence-corrected chi connectivity index (χ0v) is 21.1. The third-order valence-electron chi connectivity index (χ3n) is 8.22. The number of H-pyrrole nitrogens is 1. The van der Waals surface area contributed by atoms with Gasteiger partial charge in [0.25, 0.3) is 0 Å². The molecule has 0 radical (unpaired) electrons. The van der Waals surface area contributed by atoms with Gasteiger partial charge < -0.3 is 15.2 Å². The summed E-state index contributed by atoms with van der Waals surface area (Å²) in [5, 5.41) is 12.8. The van der Waals surface area contributed by atoms with Crippen LogP contribution in [-0.4, -0.2) is 75.4 Å². The predicted octanol–water partition coefficient (Wildman–Crippen LogP) is 3.97. The average Bonchev–Trinajstić information content (AvgIpc) is 3.72. The fourth-order valence-corrected chi connectivity index (χ4v) is 6.35. The summed E-state index contributed by atoms with van der Waals surface area (Å²) in [7, 11) is 0. The third kappa shape index (κ3) is 4.71. The first-order valence-electron chi connectivity index (χ1n) is 13.5. The maximum atomic E-state index is 3.97. The Hall–Kier alpha value is -3.00. The van der Waals surface area contributed by atoms with E-state index < -0.39 is 0 Å². The Morgan fingerprint density at radius 1 is 0.889 bits per heavy atom. The molecule has 36 heavy (non-hydrogen) atoms. The lowest BCUT2D eigenvalue weighted by atomic mass is 9.81. The van der Waals surface area contributed by atoms with Crippen molar-refractivity contribution in [1.82, 2.24) is 34.9 Å². The molecule has 2 fully saturated rings. The van der Waals surface area contributed by atoms with Gasteiger partial charge in [0, 0.05) is 55.5 Å². The third-order valence-corrected chi connectivity index (χ3v) is 8.22. The second-order valence-electron chi connectivity index (χ2n) is 10.4. The molecule has 188 valence electrons. The monoisotopic (exact) mass is 483 g/mol. The second-order valence-corrected chi connectivity index (χ2v) is 10.4. The molecule has 0 amide bonds. The molecule has 2 aromatic heterocycles. The van der Waals surface area contributed by atoms with Gasteiger partial charge in [0.05, 0.1) is 5.54 Å². The van der Waals surface area contributed by atoms with E-state index in [0.29, 0.717) is 0 Å². The summed E-state index contributed by atoms with van der Waals surface area (Å²) in [5.74, 6) is 0. The SMILES string of the molecule is c1ccc(C(CCCc2c[nH]c3ccc(-n4cnnc4)cc23)(CN2CCCC2)N2CCNCC2)cc1.